The largest absolute Gasteiger partial charge is 0.456 e. The van der Waals surface area contributed by atoms with Gasteiger partial charge >= 0.3 is 0 Å². The van der Waals surface area contributed by atoms with Gasteiger partial charge in [0, 0.05) is 50.8 Å². The van der Waals surface area contributed by atoms with Crippen LogP contribution in [0.25, 0.3) is 50.8 Å². The highest BCUT2D eigenvalue weighted by molar-refractivity contribution is 5.97. The Morgan fingerprint density at radius 1 is 0.732 bits per heavy atom. The van der Waals surface area contributed by atoms with E-state index in [9.17, 15) is 0 Å². The Kier molecular flexibility index (Phi) is 8.24. The highest BCUT2D eigenvalue weighted by Gasteiger charge is 2.30. The Bertz CT molecular complexity index is 2710. The lowest BCUT2D eigenvalue weighted by Gasteiger charge is -2.38. The average Bonchev–Trinajstić information content (AvgIpc) is 3.83. The Labute approximate surface area is 328 Å². The SMILES string of the molecule is C1=CCC(C2NC(C3=CC(C4C=Cc5c(c6ccccc6n5-c5ccc(-c6cccc7c8c(oc67)C=CCC8)cc5)C4)=CCC3)=CC(c3ccccc3)N2)C=C1. The lowest BCUT2D eigenvalue weighted by atomic mass is 9.82. The molecular weight excluding hydrogens is 683 g/mol. The van der Waals surface area contributed by atoms with E-state index >= 15 is 0 Å². The highest BCUT2D eigenvalue weighted by Crippen LogP contribution is 2.41. The number of allylic oxidation sites excluding steroid dienone is 9. The first-order valence-corrected chi connectivity index (χ1v) is 20.4. The van der Waals surface area contributed by atoms with Gasteiger partial charge in [0.15, 0.2) is 0 Å². The van der Waals surface area contributed by atoms with Crippen molar-refractivity contribution in [3.05, 3.63) is 197 Å². The first-order chi connectivity index (χ1) is 27.7. The molecule has 6 aromatic rings. The molecule has 4 aromatic carbocycles. The molecule has 0 amide bonds. The van der Waals surface area contributed by atoms with E-state index in [1.54, 1.807) is 0 Å². The summed E-state index contributed by atoms with van der Waals surface area (Å²) in [6, 6.07) is 35.6. The summed E-state index contributed by atoms with van der Waals surface area (Å²) in [5.74, 6) is 1.73. The first kappa shape index (κ1) is 33.3. The molecule has 4 unspecified atom stereocenters. The van der Waals surface area contributed by atoms with Crippen LogP contribution in [0.5, 0.6) is 0 Å². The Morgan fingerprint density at radius 2 is 1.61 bits per heavy atom. The molecule has 56 heavy (non-hydrogen) atoms. The minimum atomic E-state index is 0.158. The zero-order chi connectivity index (χ0) is 37.0. The van der Waals surface area contributed by atoms with E-state index in [4.69, 9.17) is 4.42 Å². The predicted octanol–water partition coefficient (Wildman–Crippen LogP) is 12.1. The summed E-state index contributed by atoms with van der Waals surface area (Å²) in [5.41, 5.74) is 15.2. The first-order valence-electron chi connectivity index (χ1n) is 20.4. The maximum atomic E-state index is 6.44. The van der Waals surface area contributed by atoms with Crippen LogP contribution in [0.15, 0.2) is 173 Å². The minimum Gasteiger partial charge on any atom is -0.456 e. The third kappa shape index (κ3) is 5.79. The third-order valence-electron chi connectivity index (χ3n) is 12.6. The Hall–Kier alpha value is -6.10. The van der Waals surface area contributed by atoms with Gasteiger partial charge in [-0.25, -0.2) is 0 Å². The maximum Gasteiger partial charge on any atom is 0.142 e. The predicted molar refractivity (Wildman–Crippen MR) is 231 cm³/mol. The smallest absolute Gasteiger partial charge is 0.142 e. The number of hydrogen-bond donors (Lipinski definition) is 2. The summed E-state index contributed by atoms with van der Waals surface area (Å²) >= 11 is 0. The molecule has 2 aromatic heterocycles. The van der Waals surface area contributed by atoms with Gasteiger partial charge in [0.1, 0.15) is 11.3 Å². The number of aromatic nitrogens is 1. The second-order valence-corrected chi connectivity index (χ2v) is 15.9. The summed E-state index contributed by atoms with van der Waals surface area (Å²) in [5, 5.41) is 10.5. The molecule has 0 radical (unpaired) electrons. The highest BCUT2D eigenvalue weighted by atomic mass is 16.3. The number of aryl methyl sites for hydroxylation is 1. The number of nitrogens with zero attached hydrogens (tertiary/aromatic N) is 1. The van der Waals surface area contributed by atoms with Crippen LogP contribution >= 0.6 is 0 Å². The maximum absolute atomic E-state index is 6.44. The summed E-state index contributed by atoms with van der Waals surface area (Å²) in [6.45, 7) is 0. The van der Waals surface area contributed by atoms with Gasteiger partial charge in [-0.2, -0.15) is 0 Å². The normalized spacial score (nSPS) is 22.7. The van der Waals surface area contributed by atoms with Gasteiger partial charge in [-0.3, -0.25) is 5.32 Å². The van der Waals surface area contributed by atoms with E-state index in [0.29, 0.717) is 11.8 Å². The van der Waals surface area contributed by atoms with Crippen LogP contribution in [0.4, 0.5) is 0 Å². The monoisotopic (exact) mass is 727 g/mol. The van der Waals surface area contributed by atoms with Crippen LogP contribution < -0.4 is 10.6 Å². The number of hydrogen-bond acceptors (Lipinski definition) is 3. The van der Waals surface area contributed by atoms with Gasteiger partial charge in [-0.15, -0.1) is 0 Å². The van der Waals surface area contributed by atoms with Gasteiger partial charge in [0.25, 0.3) is 0 Å². The van der Waals surface area contributed by atoms with Crippen LogP contribution in [0.3, 0.4) is 0 Å². The summed E-state index contributed by atoms with van der Waals surface area (Å²) in [4.78, 5) is 0. The molecule has 11 rings (SSSR count). The van der Waals surface area contributed by atoms with Gasteiger partial charge in [-0.1, -0.05) is 127 Å². The summed E-state index contributed by atoms with van der Waals surface area (Å²) < 4.78 is 8.90. The molecule has 274 valence electrons. The van der Waals surface area contributed by atoms with Crippen molar-refractivity contribution in [2.24, 2.45) is 11.8 Å². The van der Waals surface area contributed by atoms with Crippen molar-refractivity contribution >= 4 is 34.0 Å². The fourth-order valence-electron chi connectivity index (χ4n) is 9.73. The van der Waals surface area contributed by atoms with E-state index in [1.165, 1.54) is 66.8 Å². The zero-order valence-electron chi connectivity index (χ0n) is 31.5. The molecule has 0 fully saturated rings. The van der Waals surface area contributed by atoms with Gasteiger partial charge in [0.05, 0.1) is 17.7 Å². The van der Waals surface area contributed by atoms with Crippen molar-refractivity contribution in [1.82, 2.24) is 15.2 Å². The number of para-hydroxylation sites is 2. The van der Waals surface area contributed by atoms with E-state index in [-0.39, 0.29) is 12.2 Å². The van der Waals surface area contributed by atoms with Crippen LogP contribution in [0.2, 0.25) is 0 Å². The average molecular weight is 728 g/mol. The lowest BCUT2D eigenvalue weighted by molar-refractivity contribution is 0.329. The van der Waals surface area contributed by atoms with E-state index in [2.05, 4.69) is 179 Å². The molecule has 0 bridgehead atoms. The lowest BCUT2D eigenvalue weighted by Crippen LogP contribution is -2.51. The molecular formula is C52H45N3O. The van der Waals surface area contributed by atoms with Gasteiger partial charge < -0.3 is 14.3 Å². The fourth-order valence-corrected chi connectivity index (χ4v) is 9.73. The van der Waals surface area contributed by atoms with Crippen LogP contribution in [0.1, 0.15) is 59.9 Å². The van der Waals surface area contributed by atoms with Crippen molar-refractivity contribution in [3.8, 4) is 16.8 Å². The van der Waals surface area contributed by atoms with E-state index in [1.807, 2.05) is 0 Å². The summed E-state index contributed by atoms with van der Waals surface area (Å²) in [7, 11) is 0. The molecule has 0 saturated carbocycles. The molecule has 2 N–H and O–H groups in total. The number of rotatable bonds is 6. The van der Waals surface area contributed by atoms with E-state index < -0.39 is 0 Å². The quantitative estimate of drug-likeness (QED) is 0.179. The molecule has 4 aliphatic carbocycles. The van der Waals surface area contributed by atoms with Gasteiger partial charge in [0.2, 0.25) is 0 Å². The second-order valence-electron chi connectivity index (χ2n) is 15.9. The minimum absolute atomic E-state index is 0.158. The molecule has 4 atom stereocenters. The number of furan rings is 1. The molecule has 5 aliphatic rings. The topological polar surface area (TPSA) is 42.1 Å². The Morgan fingerprint density at radius 3 is 2.50 bits per heavy atom. The van der Waals surface area contributed by atoms with Crippen molar-refractivity contribution in [2.75, 3.05) is 0 Å². The van der Waals surface area contributed by atoms with Crippen molar-refractivity contribution in [2.45, 2.75) is 50.7 Å². The molecule has 1 aliphatic heterocycles. The Balaban J connectivity index is 0.902. The van der Waals surface area contributed by atoms with Crippen molar-refractivity contribution < 1.29 is 4.42 Å². The number of fused-ring (bicyclic) bond motifs is 6. The fraction of sp³-hybridized carbons (Fsp3) is 0.192. The number of benzene rings is 4. The van der Waals surface area contributed by atoms with Crippen LogP contribution in [-0.4, -0.2) is 10.7 Å². The van der Waals surface area contributed by atoms with Crippen molar-refractivity contribution in [1.29, 1.82) is 0 Å². The number of nitrogens with one attached hydrogen (secondary N) is 2. The van der Waals surface area contributed by atoms with Gasteiger partial charge in [-0.05, 0) is 103 Å². The van der Waals surface area contributed by atoms with Crippen molar-refractivity contribution in [3.63, 3.8) is 0 Å². The molecule has 0 saturated heterocycles. The molecule has 3 heterocycles. The van der Waals surface area contributed by atoms with Crippen LogP contribution in [-0.2, 0) is 12.8 Å². The molecule has 4 heteroatoms. The zero-order valence-corrected chi connectivity index (χ0v) is 31.5. The summed E-state index contributed by atoms with van der Waals surface area (Å²) in [6.07, 6.45) is 31.9. The third-order valence-corrected chi connectivity index (χ3v) is 12.6. The second kappa shape index (κ2) is 13.9. The molecule has 4 nitrogen and oxygen atoms in total. The van der Waals surface area contributed by atoms with Crippen LogP contribution in [0, 0.1) is 11.8 Å². The molecule has 0 spiro atoms. The van der Waals surface area contributed by atoms with E-state index in [0.717, 1.165) is 55.4 Å². The standard InChI is InChI=1S/C52H45N3O/c1-3-13-35(14-4-1)46-33-47(54-52(53-46)36-15-5-2-6-16-36)39-18-11-17-37(31-39)38-27-30-49-45(32-38)42-19-7-9-23-48(42)55(49)40-28-25-34(26-29-40)41-21-12-22-44-43-20-8-10-24-50(43)56-51(41)44/h1-7,9-10,12-15,17,19,21-31,33,36,38,46,52-54H,8,11,16,18,20,32H2.